The first-order valence-electron chi connectivity index (χ1n) is 14.4. The largest absolute Gasteiger partial charge is 0.497 e. The van der Waals surface area contributed by atoms with E-state index < -0.39 is 33.0 Å². The van der Waals surface area contributed by atoms with Crippen molar-refractivity contribution in [3.05, 3.63) is 118 Å². The van der Waals surface area contributed by atoms with E-state index in [4.69, 9.17) is 13.9 Å². The molecular weight excluding hydrogens is 613 g/mol. The van der Waals surface area contributed by atoms with Crippen molar-refractivity contribution >= 4 is 45.4 Å². The Labute approximate surface area is 267 Å². The average Bonchev–Trinajstić information content (AvgIpc) is 3.01. The van der Waals surface area contributed by atoms with Crippen LogP contribution in [0.5, 0.6) is 5.75 Å². The van der Waals surface area contributed by atoms with E-state index in [2.05, 4.69) is 5.32 Å². The first kappa shape index (κ1) is 30.7. The number of amides is 1. The highest BCUT2D eigenvalue weighted by atomic mass is 32.2. The van der Waals surface area contributed by atoms with Gasteiger partial charge in [0.1, 0.15) is 23.3 Å². The van der Waals surface area contributed by atoms with E-state index in [1.54, 1.807) is 25.3 Å². The molecule has 1 fully saturated rings. The molecule has 1 saturated heterocycles. The Hall–Kier alpha value is -4.35. The number of fused-ring (bicyclic) bond motifs is 2. The van der Waals surface area contributed by atoms with Gasteiger partial charge in [-0.15, -0.1) is 11.8 Å². The molecule has 1 amide bonds. The highest BCUT2D eigenvalue weighted by molar-refractivity contribution is 7.99. The number of hydrogen-bond donors (Lipinski definition) is 1. The molecule has 0 bridgehead atoms. The second-order valence-corrected chi connectivity index (χ2v) is 13.6. The van der Waals surface area contributed by atoms with Crippen molar-refractivity contribution in [2.75, 3.05) is 19.4 Å². The van der Waals surface area contributed by atoms with E-state index >= 15 is 0 Å². The van der Waals surface area contributed by atoms with Crippen molar-refractivity contribution in [3.8, 4) is 5.75 Å². The number of nitrogens with zero attached hydrogens (tertiary/aromatic N) is 1. The zero-order valence-corrected chi connectivity index (χ0v) is 26.4. The minimum absolute atomic E-state index is 0.0195. The van der Waals surface area contributed by atoms with E-state index in [9.17, 15) is 18.6 Å². The Kier molecular flexibility index (Phi) is 9.09. The van der Waals surface area contributed by atoms with Crippen LogP contribution in [0.25, 0.3) is 11.0 Å². The van der Waals surface area contributed by atoms with Gasteiger partial charge in [0.05, 0.1) is 30.4 Å². The number of carbonyl (C=O) groups is 2. The first-order chi connectivity index (χ1) is 21.8. The normalized spacial score (nSPS) is 20.5. The number of thioether (sulfide) groups is 1. The fourth-order valence-corrected chi connectivity index (χ4v) is 8.44. The lowest BCUT2D eigenvalue weighted by Gasteiger charge is -2.50. The van der Waals surface area contributed by atoms with Gasteiger partial charge < -0.3 is 24.1 Å². The van der Waals surface area contributed by atoms with Crippen molar-refractivity contribution in [2.24, 2.45) is 0 Å². The fraction of sp³-hybridized carbons (Fsp3) is 0.265. The Bertz CT molecular complexity index is 1840. The van der Waals surface area contributed by atoms with Gasteiger partial charge in [0.15, 0.2) is 5.25 Å². The van der Waals surface area contributed by atoms with Crippen molar-refractivity contribution in [3.63, 3.8) is 0 Å². The number of benzene rings is 3. The minimum Gasteiger partial charge on any atom is -0.497 e. The molecule has 4 aromatic rings. The smallest absolute Gasteiger partial charge is 0.336 e. The summed E-state index contributed by atoms with van der Waals surface area (Å²) in [7, 11) is -0.115. The fourth-order valence-electron chi connectivity index (χ4n) is 5.53. The SMILES string of the molecule is COc1ccc(COC(=O)C2C(CSc3ccc4c(C)cc(=O)oc4c3)=CN3C[C@@H](NC(=O)Cc4ccccc4)[C@H]3S2=O)cc1. The van der Waals surface area contributed by atoms with E-state index in [0.29, 0.717) is 29.2 Å². The molecule has 0 radical (unpaired) electrons. The lowest BCUT2D eigenvalue weighted by atomic mass is 10.1. The van der Waals surface area contributed by atoms with Crippen LogP contribution in [0.1, 0.15) is 16.7 Å². The molecule has 0 spiro atoms. The molecule has 2 aliphatic rings. The standard InChI is InChI=1S/C34H32N2O7S2/c1-21-14-31(38)43-29-16-26(12-13-27(21)29)44-20-24-17-36-18-28(35-30(37)15-22-6-4-3-5-7-22)33(36)45(40)32(24)34(39)42-19-23-8-10-25(41-2)11-9-23/h3-14,16-17,28,32-33H,15,18-20H2,1-2H3,(H,35,37)/t28-,32?,33-,45?/m1/s1. The van der Waals surface area contributed by atoms with Gasteiger partial charge in [-0.3, -0.25) is 13.8 Å². The van der Waals surface area contributed by atoms with Gasteiger partial charge in [-0.2, -0.15) is 0 Å². The maximum Gasteiger partial charge on any atom is 0.336 e. The Morgan fingerprint density at radius 3 is 2.58 bits per heavy atom. The average molecular weight is 645 g/mol. The number of carbonyl (C=O) groups excluding carboxylic acids is 2. The number of nitrogens with one attached hydrogen (secondary N) is 1. The Morgan fingerprint density at radius 2 is 1.82 bits per heavy atom. The second-order valence-electron chi connectivity index (χ2n) is 11.0. The molecule has 2 aliphatic heterocycles. The topological polar surface area (TPSA) is 115 Å². The quantitative estimate of drug-likeness (QED) is 0.153. The molecular formula is C34H32N2O7S2. The highest BCUT2D eigenvalue weighted by Gasteiger charge is 2.51. The number of rotatable bonds is 10. The van der Waals surface area contributed by atoms with Crippen LogP contribution in [-0.4, -0.2) is 57.1 Å². The molecule has 4 atom stereocenters. The van der Waals surface area contributed by atoms with Crippen molar-refractivity contribution in [1.82, 2.24) is 10.2 Å². The molecule has 9 nitrogen and oxygen atoms in total. The molecule has 0 saturated carbocycles. The lowest BCUT2D eigenvalue weighted by molar-refractivity contribution is -0.143. The zero-order valence-electron chi connectivity index (χ0n) is 24.8. The summed E-state index contributed by atoms with van der Waals surface area (Å²) in [6, 6.07) is 23.3. The second kappa shape index (κ2) is 13.3. The first-order valence-corrected chi connectivity index (χ1v) is 16.7. The summed E-state index contributed by atoms with van der Waals surface area (Å²) in [4.78, 5) is 41.1. The summed E-state index contributed by atoms with van der Waals surface area (Å²) in [6.45, 7) is 2.36. The summed E-state index contributed by atoms with van der Waals surface area (Å²) < 4.78 is 30.4. The van der Waals surface area contributed by atoms with Crippen molar-refractivity contribution < 1.29 is 27.7 Å². The van der Waals surface area contributed by atoms with Gasteiger partial charge in [-0.05, 0) is 59.5 Å². The van der Waals surface area contributed by atoms with Gasteiger partial charge in [0.2, 0.25) is 5.91 Å². The maximum absolute atomic E-state index is 14.0. The van der Waals surface area contributed by atoms with Crippen LogP contribution in [0.2, 0.25) is 0 Å². The molecule has 2 unspecified atom stereocenters. The van der Waals surface area contributed by atoms with Gasteiger partial charge in [-0.25, -0.2) is 4.79 Å². The molecule has 3 heterocycles. The molecule has 232 valence electrons. The van der Waals surface area contributed by atoms with Gasteiger partial charge >= 0.3 is 11.6 Å². The van der Waals surface area contributed by atoms with Gasteiger partial charge in [0.25, 0.3) is 0 Å². The monoisotopic (exact) mass is 644 g/mol. The van der Waals surface area contributed by atoms with Crippen LogP contribution >= 0.6 is 11.8 Å². The third kappa shape index (κ3) is 6.84. The minimum atomic E-state index is -1.69. The van der Waals surface area contributed by atoms with E-state index in [1.807, 2.05) is 72.6 Å². The molecule has 1 aromatic heterocycles. The van der Waals surface area contributed by atoms with Crippen LogP contribution in [0.4, 0.5) is 0 Å². The summed E-state index contributed by atoms with van der Waals surface area (Å²) in [5.74, 6) is 0.306. The molecule has 3 aromatic carbocycles. The van der Waals surface area contributed by atoms with Crippen molar-refractivity contribution in [1.29, 1.82) is 0 Å². The zero-order chi connectivity index (χ0) is 31.5. The van der Waals surface area contributed by atoms with E-state index in [0.717, 1.165) is 27.0 Å². The van der Waals surface area contributed by atoms with E-state index in [1.165, 1.54) is 17.8 Å². The molecule has 11 heteroatoms. The number of hydrogen-bond acceptors (Lipinski definition) is 9. The molecule has 45 heavy (non-hydrogen) atoms. The van der Waals surface area contributed by atoms with Crippen LogP contribution in [0.15, 0.2) is 105 Å². The maximum atomic E-state index is 14.0. The predicted molar refractivity (Wildman–Crippen MR) is 173 cm³/mol. The number of methoxy groups -OCH3 is 1. The summed E-state index contributed by atoms with van der Waals surface area (Å²) in [5.41, 5.74) is 3.22. The molecule has 1 N–H and O–H groups in total. The highest BCUT2D eigenvalue weighted by Crippen LogP contribution is 2.36. The molecule has 6 rings (SSSR count). The van der Waals surface area contributed by atoms with Crippen LogP contribution in [-0.2, 0) is 38.2 Å². The summed E-state index contributed by atoms with van der Waals surface area (Å²) in [5, 5.41) is 2.31. The van der Waals surface area contributed by atoms with Crippen LogP contribution in [0, 0.1) is 6.92 Å². The third-order valence-electron chi connectivity index (χ3n) is 7.85. The lowest BCUT2D eigenvalue weighted by Crippen LogP contribution is -2.69. The summed E-state index contributed by atoms with van der Waals surface area (Å²) >= 11 is 1.45. The number of ether oxygens (including phenoxy) is 2. The Balaban J connectivity index is 1.19. The molecule has 0 aliphatic carbocycles. The van der Waals surface area contributed by atoms with Crippen LogP contribution in [0.3, 0.4) is 0 Å². The Morgan fingerprint density at radius 1 is 1.04 bits per heavy atom. The number of aryl methyl sites for hydroxylation is 1. The predicted octanol–water partition coefficient (Wildman–Crippen LogP) is 4.33. The third-order valence-corrected chi connectivity index (χ3v) is 11.0. The summed E-state index contributed by atoms with van der Waals surface area (Å²) in [6.07, 6.45) is 2.09. The number of esters is 1. The van der Waals surface area contributed by atoms with Gasteiger partial charge in [0, 0.05) is 34.8 Å². The van der Waals surface area contributed by atoms with E-state index in [-0.39, 0.29) is 25.0 Å². The van der Waals surface area contributed by atoms with Gasteiger partial charge in [-0.1, -0.05) is 42.5 Å². The van der Waals surface area contributed by atoms with Crippen molar-refractivity contribution in [2.45, 2.75) is 41.5 Å². The van der Waals surface area contributed by atoms with Crippen LogP contribution < -0.4 is 15.7 Å².